The monoisotopic (exact) mass is 279 g/mol. The van der Waals surface area contributed by atoms with E-state index in [2.05, 4.69) is 27.2 Å². The Kier molecular flexibility index (Phi) is 4.51. The Morgan fingerprint density at radius 2 is 2.21 bits per heavy atom. The third-order valence-corrected chi connectivity index (χ3v) is 3.49. The summed E-state index contributed by atoms with van der Waals surface area (Å²) in [4.78, 5) is 12.5. The molecular formula is C12H17N5OS. The summed E-state index contributed by atoms with van der Waals surface area (Å²) in [5, 5.41) is 6.26. The molecule has 0 aliphatic rings. The molecule has 2 rings (SSSR count). The summed E-state index contributed by atoms with van der Waals surface area (Å²) in [6.45, 7) is 4.49. The Morgan fingerprint density at radius 1 is 1.37 bits per heavy atom. The van der Waals surface area contributed by atoms with E-state index in [1.807, 2.05) is 12.3 Å². The zero-order valence-corrected chi connectivity index (χ0v) is 11.8. The molecule has 19 heavy (non-hydrogen) atoms. The molecule has 2 heterocycles. The van der Waals surface area contributed by atoms with Crippen molar-refractivity contribution in [3.05, 3.63) is 22.9 Å². The first-order valence-electron chi connectivity index (χ1n) is 6.15. The minimum atomic E-state index is 0.0895. The van der Waals surface area contributed by atoms with E-state index in [4.69, 9.17) is 10.5 Å². The van der Waals surface area contributed by atoms with Gasteiger partial charge in [0.25, 0.3) is 0 Å². The number of nitrogens with zero attached hydrogens (tertiary/aromatic N) is 3. The summed E-state index contributed by atoms with van der Waals surface area (Å²) in [6, 6.07) is 0.0895. The number of ether oxygens (including phenoxy) is 1. The number of nitrogens with one attached hydrogen (secondary N) is 1. The standard InChI is InChI=1S/C12H17N5OS/c1-3-8(12-14-5-6-19-12)17-10-9(13)11(18-4-2)16-7-15-10/h5-8H,3-4,13H2,1-2H3,(H,15,16,17). The van der Waals surface area contributed by atoms with Crippen molar-refractivity contribution in [1.82, 2.24) is 15.0 Å². The highest BCUT2D eigenvalue weighted by Gasteiger charge is 2.16. The predicted octanol–water partition coefficient (Wildman–Crippen LogP) is 2.48. The molecular weight excluding hydrogens is 262 g/mol. The number of thiazole rings is 1. The first kappa shape index (κ1) is 13.5. The molecule has 0 amide bonds. The molecule has 1 atom stereocenters. The smallest absolute Gasteiger partial charge is 0.242 e. The molecule has 6 nitrogen and oxygen atoms in total. The molecule has 0 spiro atoms. The number of rotatable bonds is 6. The van der Waals surface area contributed by atoms with Gasteiger partial charge in [-0.2, -0.15) is 4.98 Å². The lowest BCUT2D eigenvalue weighted by atomic mass is 10.2. The number of aromatic nitrogens is 3. The Hall–Kier alpha value is -1.89. The van der Waals surface area contributed by atoms with Crippen molar-refractivity contribution in [2.24, 2.45) is 0 Å². The zero-order chi connectivity index (χ0) is 13.7. The third-order valence-electron chi connectivity index (χ3n) is 2.60. The maximum Gasteiger partial charge on any atom is 0.242 e. The summed E-state index contributed by atoms with van der Waals surface area (Å²) < 4.78 is 5.35. The molecule has 2 aromatic heterocycles. The van der Waals surface area contributed by atoms with Gasteiger partial charge in [0.15, 0.2) is 5.82 Å². The van der Waals surface area contributed by atoms with Crippen LogP contribution in [0.5, 0.6) is 5.88 Å². The second-order valence-electron chi connectivity index (χ2n) is 3.85. The van der Waals surface area contributed by atoms with Crippen molar-refractivity contribution in [2.45, 2.75) is 26.3 Å². The molecule has 3 N–H and O–H groups in total. The number of nitrogen functional groups attached to an aromatic ring is 1. The highest BCUT2D eigenvalue weighted by molar-refractivity contribution is 7.09. The van der Waals surface area contributed by atoms with Gasteiger partial charge in [0.05, 0.1) is 12.6 Å². The summed E-state index contributed by atoms with van der Waals surface area (Å²) >= 11 is 1.61. The zero-order valence-electron chi connectivity index (χ0n) is 11.0. The first-order chi connectivity index (χ1) is 9.26. The molecule has 0 saturated heterocycles. The van der Waals surface area contributed by atoms with E-state index in [1.165, 1.54) is 6.33 Å². The summed E-state index contributed by atoms with van der Waals surface area (Å²) in [7, 11) is 0. The second kappa shape index (κ2) is 6.33. The SMILES string of the molecule is CCOc1ncnc(NC(CC)c2nccs2)c1N. The van der Waals surface area contributed by atoms with Crippen LogP contribution in [-0.4, -0.2) is 21.6 Å². The Balaban J connectivity index is 2.20. The van der Waals surface area contributed by atoms with Gasteiger partial charge in [0.1, 0.15) is 17.0 Å². The van der Waals surface area contributed by atoms with E-state index in [1.54, 1.807) is 17.5 Å². The van der Waals surface area contributed by atoms with Crippen molar-refractivity contribution in [2.75, 3.05) is 17.7 Å². The van der Waals surface area contributed by atoms with Gasteiger partial charge in [-0.25, -0.2) is 9.97 Å². The van der Waals surface area contributed by atoms with Crippen LogP contribution in [0.1, 0.15) is 31.3 Å². The normalized spacial score (nSPS) is 12.1. The lowest BCUT2D eigenvalue weighted by molar-refractivity contribution is 0.328. The Morgan fingerprint density at radius 3 is 2.84 bits per heavy atom. The molecule has 0 bridgehead atoms. The highest BCUT2D eigenvalue weighted by Crippen LogP contribution is 2.29. The van der Waals surface area contributed by atoms with Gasteiger partial charge in [-0.3, -0.25) is 0 Å². The number of nitrogens with two attached hydrogens (primary N) is 1. The molecule has 7 heteroatoms. The quantitative estimate of drug-likeness (QED) is 0.845. The van der Waals surface area contributed by atoms with Crippen molar-refractivity contribution < 1.29 is 4.74 Å². The molecule has 0 aromatic carbocycles. The number of hydrogen-bond acceptors (Lipinski definition) is 7. The van der Waals surface area contributed by atoms with Crippen molar-refractivity contribution in [3.63, 3.8) is 0 Å². The largest absolute Gasteiger partial charge is 0.476 e. The average Bonchev–Trinajstić information content (AvgIpc) is 2.94. The topological polar surface area (TPSA) is 86.0 Å². The van der Waals surface area contributed by atoms with Crippen LogP contribution < -0.4 is 15.8 Å². The summed E-state index contributed by atoms with van der Waals surface area (Å²) in [5.74, 6) is 0.995. The molecule has 0 saturated carbocycles. The molecule has 0 radical (unpaired) electrons. The first-order valence-corrected chi connectivity index (χ1v) is 7.03. The van der Waals surface area contributed by atoms with Gasteiger partial charge in [-0.1, -0.05) is 6.92 Å². The second-order valence-corrected chi connectivity index (χ2v) is 4.78. The summed E-state index contributed by atoms with van der Waals surface area (Å²) in [6.07, 6.45) is 4.12. The molecule has 2 aromatic rings. The minimum Gasteiger partial charge on any atom is -0.476 e. The van der Waals surface area contributed by atoms with Crippen LogP contribution >= 0.6 is 11.3 Å². The number of anilines is 2. The van der Waals surface area contributed by atoms with Crippen LogP contribution in [0.2, 0.25) is 0 Å². The van der Waals surface area contributed by atoms with E-state index in [9.17, 15) is 0 Å². The van der Waals surface area contributed by atoms with Crippen molar-refractivity contribution >= 4 is 22.8 Å². The molecule has 0 aliphatic heterocycles. The maximum absolute atomic E-state index is 6.00. The third kappa shape index (κ3) is 3.11. The lowest BCUT2D eigenvalue weighted by Crippen LogP contribution is -2.13. The van der Waals surface area contributed by atoms with Gasteiger partial charge < -0.3 is 15.8 Å². The van der Waals surface area contributed by atoms with Gasteiger partial charge in [-0.05, 0) is 13.3 Å². The number of hydrogen-bond donors (Lipinski definition) is 2. The van der Waals surface area contributed by atoms with Crippen LogP contribution in [0.15, 0.2) is 17.9 Å². The van der Waals surface area contributed by atoms with Crippen LogP contribution in [0.4, 0.5) is 11.5 Å². The molecule has 0 fully saturated rings. The Bertz CT molecular complexity index is 517. The summed E-state index contributed by atoms with van der Waals surface area (Å²) in [5.41, 5.74) is 6.43. The van der Waals surface area contributed by atoms with Gasteiger partial charge in [0.2, 0.25) is 5.88 Å². The minimum absolute atomic E-state index is 0.0895. The van der Waals surface area contributed by atoms with E-state index in [-0.39, 0.29) is 6.04 Å². The fourth-order valence-corrected chi connectivity index (χ4v) is 2.43. The fourth-order valence-electron chi connectivity index (χ4n) is 1.66. The van der Waals surface area contributed by atoms with Crippen molar-refractivity contribution in [3.8, 4) is 5.88 Å². The van der Waals surface area contributed by atoms with Crippen LogP contribution in [0.25, 0.3) is 0 Å². The molecule has 102 valence electrons. The van der Waals surface area contributed by atoms with Gasteiger partial charge >= 0.3 is 0 Å². The highest BCUT2D eigenvalue weighted by atomic mass is 32.1. The fraction of sp³-hybridized carbons (Fsp3) is 0.417. The van der Waals surface area contributed by atoms with E-state index < -0.39 is 0 Å². The van der Waals surface area contributed by atoms with Gasteiger partial charge in [0, 0.05) is 11.6 Å². The van der Waals surface area contributed by atoms with Crippen LogP contribution in [0.3, 0.4) is 0 Å². The van der Waals surface area contributed by atoms with Crippen LogP contribution in [-0.2, 0) is 0 Å². The van der Waals surface area contributed by atoms with E-state index in [0.717, 1.165) is 11.4 Å². The van der Waals surface area contributed by atoms with E-state index >= 15 is 0 Å². The predicted molar refractivity (Wildman–Crippen MR) is 76.4 cm³/mol. The van der Waals surface area contributed by atoms with Gasteiger partial charge in [-0.15, -0.1) is 11.3 Å². The molecule has 0 aliphatic carbocycles. The Labute approximate surface area is 116 Å². The lowest BCUT2D eigenvalue weighted by Gasteiger charge is -2.17. The molecule has 1 unspecified atom stereocenters. The van der Waals surface area contributed by atoms with E-state index in [0.29, 0.717) is 24.0 Å². The van der Waals surface area contributed by atoms with Crippen molar-refractivity contribution in [1.29, 1.82) is 0 Å². The van der Waals surface area contributed by atoms with Crippen LogP contribution in [0, 0.1) is 0 Å². The maximum atomic E-state index is 6.00. The average molecular weight is 279 g/mol.